The molecule has 0 saturated heterocycles. The van der Waals surface area contributed by atoms with E-state index in [9.17, 15) is 14.0 Å². The number of nitrogens with zero attached hydrogens (tertiary/aromatic N) is 3. The topological polar surface area (TPSA) is 68.9 Å². The highest BCUT2D eigenvalue weighted by Gasteiger charge is 2.22. The molecule has 1 N–H and O–H groups in total. The Hall–Kier alpha value is -3.97. The number of rotatable bonds is 5. The second-order valence-electron chi connectivity index (χ2n) is 8.19. The fourth-order valence-corrected chi connectivity index (χ4v) is 4.29. The van der Waals surface area contributed by atoms with Crippen LogP contribution in [0.15, 0.2) is 77.7 Å². The molecular weight excluding hydrogens is 455 g/mol. The Balaban J connectivity index is 1.55. The zero-order chi connectivity index (χ0) is 23.8. The number of anilines is 1. The first-order valence-electron chi connectivity index (χ1n) is 10.7. The molecule has 0 spiro atoms. The maximum Gasteiger partial charge on any atom is 0.278 e. The lowest BCUT2D eigenvalue weighted by Gasteiger charge is -2.14. The Morgan fingerprint density at radius 1 is 1.09 bits per heavy atom. The number of halogens is 2. The minimum Gasteiger partial charge on any atom is -0.342 e. The van der Waals surface area contributed by atoms with Crippen LogP contribution < -0.4 is 10.9 Å². The Morgan fingerprint density at radius 2 is 1.91 bits per heavy atom. The molecule has 2 aliphatic heterocycles. The van der Waals surface area contributed by atoms with Gasteiger partial charge in [-0.2, -0.15) is 5.10 Å². The van der Waals surface area contributed by atoms with Crippen molar-refractivity contribution in [2.24, 2.45) is 0 Å². The number of benzene rings is 3. The average Bonchev–Trinajstić information content (AvgIpc) is 3.09. The van der Waals surface area contributed by atoms with Crippen molar-refractivity contribution in [3.8, 4) is 11.3 Å². The van der Waals surface area contributed by atoms with Crippen molar-refractivity contribution in [1.29, 1.82) is 0 Å². The SMILES string of the molecule is Cc1cccc(Cn2cc3c(=O)n(CC(=O)Nc4cccc(Cl)c4)nc-3c3cc(F)ccc32)c1. The molecule has 0 atom stereocenters. The molecule has 0 saturated carbocycles. The number of aromatic nitrogens is 3. The fourth-order valence-electron chi connectivity index (χ4n) is 4.10. The van der Waals surface area contributed by atoms with Crippen molar-refractivity contribution in [3.05, 3.63) is 105 Å². The van der Waals surface area contributed by atoms with E-state index in [-0.39, 0.29) is 6.54 Å². The molecule has 3 aromatic rings. The average molecular weight is 475 g/mol. The summed E-state index contributed by atoms with van der Waals surface area (Å²) in [6, 6.07) is 19.2. The number of aryl methyl sites for hydroxylation is 1. The second-order valence-corrected chi connectivity index (χ2v) is 8.63. The van der Waals surface area contributed by atoms with Gasteiger partial charge in [-0.3, -0.25) is 9.59 Å². The minimum absolute atomic E-state index is 0.283. The zero-order valence-corrected chi connectivity index (χ0v) is 19.0. The van der Waals surface area contributed by atoms with E-state index in [1.165, 1.54) is 12.1 Å². The van der Waals surface area contributed by atoms with Crippen molar-refractivity contribution in [2.75, 3.05) is 5.32 Å². The molecule has 5 rings (SSSR count). The van der Waals surface area contributed by atoms with Crippen molar-refractivity contribution in [3.63, 3.8) is 0 Å². The summed E-state index contributed by atoms with van der Waals surface area (Å²) in [4.78, 5) is 25.7. The number of hydrogen-bond acceptors (Lipinski definition) is 3. The molecule has 2 heterocycles. The molecular formula is C26H20ClFN4O2. The number of nitrogens with one attached hydrogen (secondary N) is 1. The lowest BCUT2D eigenvalue weighted by Crippen LogP contribution is -2.26. The number of hydrogen-bond donors (Lipinski definition) is 1. The summed E-state index contributed by atoms with van der Waals surface area (Å²) in [6.45, 7) is 2.23. The summed E-state index contributed by atoms with van der Waals surface area (Å²) in [6.07, 6.45) is 1.72. The molecule has 8 heteroatoms. The van der Waals surface area contributed by atoms with Crippen LogP contribution in [0.4, 0.5) is 10.1 Å². The van der Waals surface area contributed by atoms with E-state index in [2.05, 4.69) is 16.5 Å². The molecule has 0 unspecified atom stereocenters. The van der Waals surface area contributed by atoms with Gasteiger partial charge in [0.25, 0.3) is 5.56 Å². The number of carbonyl (C=O) groups excluding carboxylic acids is 1. The van der Waals surface area contributed by atoms with Gasteiger partial charge in [0.2, 0.25) is 5.91 Å². The molecule has 2 aliphatic rings. The monoisotopic (exact) mass is 474 g/mol. The fraction of sp³-hybridized carbons (Fsp3) is 0.115. The van der Waals surface area contributed by atoms with E-state index in [4.69, 9.17) is 11.6 Å². The summed E-state index contributed by atoms with van der Waals surface area (Å²) in [5.74, 6) is -0.849. The molecule has 0 fully saturated rings. The Morgan fingerprint density at radius 3 is 2.71 bits per heavy atom. The lowest BCUT2D eigenvalue weighted by molar-refractivity contribution is -0.116. The quantitative estimate of drug-likeness (QED) is 0.385. The van der Waals surface area contributed by atoms with Crippen LogP contribution >= 0.6 is 11.6 Å². The van der Waals surface area contributed by atoms with E-state index in [1.54, 1.807) is 36.5 Å². The van der Waals surface area contributed by atoms with Crippen LogP contribution in [0.5, 0.6) is 0 Å². The highest BCUT2D eigenvalue weighted by molar-refractivity contribution is 6.30. The highest BCUT2D eigenvalue weighted by atomic mass is 35.5. The first-order chi connectivity index (χ1) is 16.4. The van der Waals surface area contributed by atoms with Crippen LogP contribution in [0, 0.1) is 12.7 Å². The molecule has 0 bridgehead atoms. The zero-order valence-electron chi connectivity index (χ0n) is 18.3. The van der Waals surface area contributed by atoms with Crippen molar-refractivity contribution < 1.29 is 9.18 Å². The molecule has 34 heavy (non-hydrogen) atoms. The largest absolute Gasteiger partial charge is 0.342 e. The normalized spacial score (nSPS) is 11.3. The van der Waals surface area contributed by atoms with Crippen molar-refractivity contribution in [1.82, 2.24) is 14.3 Å². The smallest absolute Gasteiger partial charge is 0.278 e. The van der Waals surface area contributed by atoms with E-state index in [1.807, 2.05) is 29.7 Å². The Labute approximate surface area is 199 Å². The van der Waals surface area contributed by atoms with E-state index >= 15 is 0 Å². The molecule has 6 nitrogen and oxygen atoms in total. The van der Waals surface area contributed by atoms with E-state index in [0.717, 1.165) is 21.3 Å². The Kier molecular flexibility index (Phi) is 5.63. The van der Waals surface area contributed by atoms with Crippen molar-refractivity contribution in [2.45, 2.75) is 20.0 Å². The maximum absolute atomic E-state index is 14.2. The summed E-state index contributed by atoms with van der Waals surface area (Å²) < 4.78 is 17.2. The van der Waals surface area contributed by atoms with Crippen LogP contribution in [0.2, 0.25) is 5.02 Å². The van der Waals surface area contributed by atoms with E-state index < -0.39 is 17.3 Å². The molecule has 1 amide bonds. The third-order valence-corrected chi connectivity index (χ3v) is 5.82. The lowest BCUT2D eigenvalue weighted by atomic mass is 10.1. The number of fused-ring (bicyclic) bond motifs is 3. The predicted octanol–water partition coefficient (Wildman–Crippen LogP) is 5.09. The first kappa shape index (κ1) is 21.9. The number of carbonyl (C=O) groups is 1. The number of amides is 1. The molecule has 0 aliphatic carbocycles. The van der Waals surface area contributed by atoms with Gasteiger partial charge in [-0.1, -0.05) is 47.5 Å². The van der Waals surface area contributed by atoms with Crippen LogP contribution in [-0.2, 0) is 17.9 Å². The molecule has 3 aromatic carbocycles. The van der Waals surface area contributed by atoms with Crippen molar-refractivity contribution >= 4 is 34.1 Å². The molecule has 0 aromatic heterocycles. The molecule has 0 radical (unpaired) electrons. The van der Waals surface area contributed by atoms with Crippen LogP contribution in [-0.4, -0.2) is 20.3 Å². The van der Waals surface area contributed by atoms with Crippen LogP contribution in [0.1, 0.15) is 11.1 Å². The van der Waals surface area contributed by atoms with Gasteiger partial charge in [-0.05, 0) is 48.9 Å². The van der Waals surface area contributed by atoms with Gasteiger partial charge in [0.15, 0.2) is 0 Å². The Bertz CT molecular complexity index is 1570. The predicted molar refractivity (Wildman–Crippen MR) is 131 cm³/mol. The third-order valence-electron chi connectivity index (χ3n) is 5.59. The van der Waals surface area contributed by atoms with Gasteiger partial charge in [0.1, 0.15) is 18.1 Å². The van der Waals surface area contributed by atoms with Gasteiger partial charge in [-0.15, -0.1) is 0 Å². The van der Waals surface area contributed by atoms with Gasteiger partial charge >= 0.3 is 0 Å². The minimum atomic E-state index is -0.428. The molecule has 170 valence electrons. The summed E-state index contributed by atoms with van der Waals surface area (Å²) in [7, 11) is 0. The summed E-state index contributed by atoms with van der Waals surface area (Å²) in [5.41, 5.74) is 3.69. The second kappa shape index (κ2) is 8.76. The third kappa shape index (κ3) is 4.30. The standard InChI is InChI=1S/C26H20ClFN4O2/c1-16-4-2-5-17(10-16)13-31-14-22-25(21-12-19(28)8-9-23(21)31)30-32(26(22)34)15-24(33)29-20-7-3-6-18(27)11-20/h2-12,14H,13,15H2,1H3,(H,29,33). The van der Waals surface area contributed by atoms with Gasteiger partial charge < -0.3 is 9.88 Å². The van der Waals surface area contributed by atoms with Gasteiger partial charge in [-0.25, -0.2) is 9.07 Å². The number of pyridine rings is 1. The maximum atomic E-state index is 14.2. The van der Waals surface area contributed by atoms with Gasteiger partial charge in [0, 0.05) is 28.8 Å². The summed E-state index contributed by atoms with van der Waals surface area (Å²) >= 11 is 5.97. The van der Waals surface area contributed by atoms with Gasteiger partial charge in [0.05, 0.1) is 11.1 Å². The highest BCUT2D eigenvalue weighted by Crippen LogP contribution is 2.29. The van der Waals surface area contributed by atoms with Crippen LogP contribution in [0.25, 0.3) is 22.2 Å². The summed E-state index contributed by atoms with van der Waals surface area (Å²) in [5, 5.41) is 8.09. The van der Waals surface area contributed by atoms with E-state index in [0.29, 0.717) is 33.9 Å². The van der Waals surface area contributed by atoms with Crippen LogP contribution in [0.3, 0.4) is 0 Å². The first-order valence-corrected chi connectivity index (χ1v) is 11.1.